The largest absolute Gasteiger partial charge is 0.507 e. The molecule has 4 N–H and O–H groups in total. The van der Waals surface area contributed by atoms with Crippen LogP contribution < -0.4 is 16.2 Å². The third-order valence-corrected chi connectivity index (χ3v) is 4.38. The predicted molar refractivity (Wildman–Crippen MR) is 118 cm³/mol. The number of anilines is 1. The zero-order valence-electron chi connectivity index (χ0n) is 17.6. The molecule has 3 rings (SSSR count). The average Bonchev–Trinajstić information content (AvgIpc) is 2.67. The van der Waals surface area contributed by atoms with Crippen LogP contribution in [0.4, 0.5) is 10.5 Å². The fourth-order valence-corrected chi connectivity index (χ4v) is 3.05. The van der Waals surface area contributed by atoms with Gasteiger partial charge in [-0.25, -0.2) is 4.79 Å². The summed E-state index contributed by atoms with van der Waals surface area (Å²) in [6.07, 6.45) is -0.435. The first kappa shape index (κ1) is 21.9. The van der Waals surface area contributed by atoms with E-state index in [-0.39, 0.29) is 12.2 Å². The van der Waals surface area contributed by atoms with E-state index in [0.717, 1.165) is 11.6 Å². The smallest absolute Gasteiger partial charge is 0.408 e. The molecule has 3 aromatic rings. The summed E-state index contributed by atoms with van der Waals surface area (Å²) in [6.45, 7) is 5.22. The van der Waals surface area contributed by atoms with Crippen molar-refractivity contribution in [2.24, 2.45) is 0 Å². The van der Waals surface area contributed by atoms with E-state index in [2.05, 4.69) is 15.6 Å². The molecule has 1 unspecified atom stereocenters. The van der Waals surface area contributed by atoms with Crippen molar-refractivity contribution in [1.82, 2.24) is 10.3 Å². The number of fused-ring (bicyclic) bond motifs is 1. The van der Waals surface area contributed by atoms with Crippen LogP contribution in [-0.2, 0) is 16.0 Å². The number of nitrogens with one attached hydrogen (secondary N) is 3. The number of rotatable bonds is 5. The summed E-state index contributed by atoms with van der Waals surface area (Å²) in [6, 6.07) is 14.2. The van der Waals surface area contributed by atoms with Crippen LogP contribution >= 0.6 is 0 Å². The number of benzene rings is 2. The summed E-state index contributed by atoms with van der Waals surface area (Å²) in [5.74, 6) is -0.638. The molecular formula is C23H25N3O5. The highest BCUT2D eigenvalue weighted by Crippen LogP contribution is 2.24. The molecule has 1 atom stereocenters. The number of H-pyrrole nitrogens is 1. The van der Waals surface area contributed by atoms with E-state index in [9.17, 15) is 19.5 Å². The first-order valence-electron chi connectivity index (χ1n) is 9.81. The molecule has 31 heavy (non-hydrogen) atoms. The number of aromatic nitrogens is 1. The van der Waals surface area contributed by atoms with Crippen molar-refractivity contribution in [3.05, 3.63) is 70.5 Å². The predicted octanol–water partition coefficient (Wildman–Crippen LogP) is 3.31. The molecule has 8 heteroatoms. The van der Waals surface area contributed by atoms with Gasteiger partial charge >= 0.3 is 6.09 Å². The number of aromatic hydroxyl groups is 1. The van der Waals surface area contributed by atoms with Gasteiger partial charge in [0, 0.05) is 23.6 Å². The van der Waals surface area contributed by atoms with E-state index >= 15 is 0 Å². The van der Waals surface area contributed by atoms with Gasteiger partial charge in [0.1, 0.15) is 17.4 Å². The molecule has 0 aliphatic carbocycles. The minimum Gasteiger partial charge on any atom is -0.507 e. The molecule has 0 radical (unpaired) electrons. The molecule has 1 aromatic heterocycles. The van der Waals surface area contributed by atoms with Gasteiger partial charge < -0.3 is 25.5 Å². The third kappa shape index (κ3) is 6.08. The fourth-order valence-electron chi connectivity index (χ4n) is 3.05. The zero-order chi connectivity index (χ0) is 22.6. The minimum absolute atomic E-state index is 0.192. The van der Waals surface area contributed by atoms with Gasteiger partial charge in [0.25, 0.3) is 5.56 Å². The van der Waals surface area contributed by atoms with Gasteiger partial charge in [-0.2, -0.15) is 0 Å². The third-order valence-electron chi connectivity index (χ3n) is 4.38. The van der Waals surface area contributed by atoms with Gasteiger partial charge in [-0.05, 0) is 44.5 Å². The number of hydrogen-bond acceptors (Lipinski definition) is 5. The maximum atomic E-state index is 13.0. The molecule has 0 saturated carbocycles. The lowest BCUT2D eigenvalue weighted by molar-refractivity contribution is -0.118. The maximum absolute atomic E-state index is 13.0. The SMILES string of the molecule is CC(C)(C)OC(=O)NC(Cc1ccccc1)C(=O)Nc1ccc2[nH]c(=O)cc(O)c2c1. The van der Waals surface area contributed by atoms with Gasteiger partial charge in [-0.1, -0.05) is 30.3 Å². The Balaban J connectivity index is 1.82. The van der Waals surface area contributed by atoms with Gasteiger partial charge in [0.2, 0.25) is 5.91 Å². The summed E-state index contributed by atoms with van der Waals surface area (Å²) >= 11 is 0. The van der Waals surface area contributed by atoms with Crippen LogP contribution in [0.5, 0.6) is 5.75 Å². The van der Waals surface area contributed by atoms with E-state index in [1.807, 2.05) is 30.3 Å². The van der Waals surface area contributed by atoms with E-state index in [1.54, 1.807) is 39.0 Å². The molecule has 0 spiro atoms. The Bertz CT molecular complexity index is 1150. The molecule has 8 nitrogen and oxygen atoms in total. The Morgan fingerprint density at radius 2 is 1.81 bits per heavy atom. The Kier molecular flexibility index (Phi) is 6.29. The normalized spacial score (nSPS) is 12.2. The number of aromatic amines is 1. The lowest BCUT2D eigenvalue weighted by Crippen LogP contribution is -2.47. The Morgan fingerprint density at radius 1 is 1.10 bits per heavy atom. The number of ether oxygens (including phenoxy) is 1. The minimum atomic E-state index is -0.892. The lowest BCUT2D eigenvalue weighted by atomic mass is 10.1. The number of pyridine rings is 1. The summed E-state index contributed by atoms with van der Waals surface area (Å²) in [5.41, 5.74) is 0.586. The van der Waals surface area contributed by atoms with Crippen molar-refractivity contribution in [2.75, 3.05) is 5.32 Å². The van der Waals surface area contributed by atoms with Crippen molar-refractivity contribution in [3.8, 4) is 5.75 Å². The second-order valence-corrected chi connectivity index (χ2v) is 8.16. The van der Waals surface area contributed by atoms with Crippen LogP contribution in [0, 0.1) is 0 Å². The van der Waals surface area contributed by atoms with Gasteiger partial charge in [-0.3, -0.25) is 9.59 Å². The Hall–Kier alpha value is -3.81. The molecule has 162 valence electrons. The summed E-state index contributed by atoms with van der Waals surface area (Å²) < 4.78 is 5.29. The number of alkyl carbamates (subject to hydrolysis) is 1. The zero-order valence-corrected chi connectivity index (χ0v) is 17.6. The molecule has 0 fully saturated rings. The molecule has 0 aliphatic heterocycles. The van der Waals surface area contributed by atoms with Crippen molar-refractivity contribution in [3.63, 3.8) is 0 Å². The highest BCUT2D eigenvalue weighted by atomic mass is 16.6. The van der Waals surface area contributed by atoms with Crippen LogP contribution in [0.1, 0.15) is 26.3 Å². The van der Waals surface area contributed by atoms with E-state index in [1.165, 1.54) is 0 Å². The monoisotopic (exact) mass is 423 g/mol. The van der Waals surface area contributed by atoms with Crippen molar-refractivity contribution in [2.45, 2.75) is 38.8 Å². The van der Waals surface area contributed by atoms with Gasteiger partial charge in [0.15, 0.2) is 0 Å². The second kappa shape index (κ2) is 8.91. The summed E-state index contributed by atoms with van der Waals surface area (Å²) in [4.78, 5) is 39.4. The molecule has 2 aromatic carbocycles. The quantitative estimate of drug-likeness (QED) is 0.502. The number of carbonyl (C=O) groups is 2. The molecule has 2 amide bonds. The first-order valence-corrected chi connectivity index (χ1v) is 9.81. The van der Waals surface area contributed by atoms with Crippen molar-refractivity contribution >= 4 is 28.6 Å². The molecule has 0 saturated heterocycles. The summed E-state index contributed by atoms with van der Waals surface area (Å²) in [5, 5.41) is 15.8. The standard InChI is InChI=1S/C23H25N3O5/c1-23(2,3)31-22(30)26-18(11-14-7-5-4-6-8-14)21(29)24-15-9-10-17-16(12-15)19(27)13-20(28)25-17/h4-10,12-13,18H,11H2,1-3H3,(H,24,29)(H,26,30)(H2,25,27,28). The fraction of sp³-hybridized carbons (Fsp3) is 0.261. The Labute approximate surface area is 179 Å². The molecule has 0 bridgehead atoms. The summed E-state index contributed by atoms with van der Waals surface area (Å²) in [7, 11) is 0. The average molecular weight is 423 g/mol. The molecule has 1 heterocycles. The van der Waals surface area contributed by atoms with E-state index in [0.29, 0.717) is 16.6 Å². The number of hydrogen-bond donors (Lipinski definition) is 4. The van der Waals surface area contributed by atoms with Crippen LogP contribution in [0.2, 0.25) is 0 Å². The highest BCUT2D eigenvalue weighted by Gasteiger charge is 2.25. The highest BCUT2D eigenvalue weighted by molar-refractivity contribution is 5.99. The Morgan fingerprint density at radius 3 is 2.48 bits per heavy atom. The van der Waals surface area contributed by atoms with Crippen LogP contribution in [0.25, 0.3) is 10.9 Å². The van der Waals surface area contributed by atoms with E-state index in [4.69, 9.17) is 4.74 Å². The van der Waals surface area contributed by atoms with Crippen molar-refractivity contribution in [1.29, 1.82) is 0 Å². The van der Waals surface area contributed by atoms with Crippen LogP contribution in [0.15, 0.2) is 59.4 Å². The number of amides is 2. The van der Waals surface area contributed by atoms with E-state index < -0.39 is 29.2 Å². The first-order chi connectivity index (χ1) is 14.6. The van der Waals surface area contributed by atoms with Crippen molar-refractivity contribution < 1.29 is 19.4 Å². The van der Waals surface area contributed by atoms with Crippen LogP contribution in [-0.4, -0.2) is 33.7 Å². The van der Waals surface area contributed by atoms with Crippen LogP contribution in [0.3, 0.4) is 0 Å². The maximum Gasteiger partial charge on any atom is 0.408 e. The molecular weight excluding hydrogens is 398 g/mol. The van der Waals surface area contributed by atoms with Gasteiger partial charge in [-0.15, -0.1) is 0 Å². The topological polar surface area (TPSA) is 121 Å². The number of carbonyl (C=O) groups excluding carboxylic acids is 2. The van der Waals surface area contributed by atoms with Gasteiger partial charge in [0.05, 0.1) is 5.52 Å². The second-order valence-electron chi connectivity index (χ2n) is 8.16. The molecule has 0 aliphatic rings. The lowest BCUT2D eigenvalue weighted by Gasteiger charge is -2.23.